The first-order valence-electron chi connectivity index (χ1n) is 10.1. The average molecular weight is 361 g/mol. The van der Waals surface area contributed by atoms with Gasteiger partial charge < -0.3 is 24.8 Å². The standard InChI is InChI=1S/C20H40O5/c1-20(2,3)13-11-9-7-5-4-6-8-10-12-14-24-19-18(23)17(22)16(15-21)25-19/h16-19,21-23H,4-15H2,1-3H3. The van der Waals surface area contributed by atoms with E-state index in [0.29, 0.717) is 12.0 Å². The van der Waals surface area contributed by atoms with Crippen molar-refractivity contribution in [1.29, 1.82) is 0 Å². The highest BCUT2D eigenvalue weighted by molar-refractivity contribution is 4.86. The summed E-state index contributed by atoms with van der Waals surface area (Å²) < 4.78 is 10.7. The Kier molecular flexibility index (Phi) is 11.2. The lowest BCUT2D eigenvalue weighted by Crippen LogP contribution is -2.34. The summed E-state index contributed by atoms with van der Waals surface area (Å²) in [5, 5.41) is 28.4. The lowest BCUT2D eigenvalue weighted by atomic mass is 9.89. The van der Waals surface area contributed by atoms with E-state index >= 15 is 0 Å². The first kappa shape index (κ1) is 22.8. The molecule has 4 unspecified atom stereocenters. The van der Waals surface area contributed by atoms with Crippen LogP contribution in [-0.2, 0) is 9.47 Å². The van der Waals surface area contributed by atoms with E-state index in [1.807, 2.05) is 0 Å². The molecule has 0 saturated carbocycles. The van der Waals surface area contributed by atoms with Crippen LogP contribution >= 0.6 is 0 Å². The summed E-state index contributed by atoms with van der Waals surface area (Å²) in [5.41, 5.74) is 0.471. The van der Waals surface area contributed by atoms with Crippen molar-refractivity contribution in [2.45, 2.75) is 110 Å². The van der Waals surface area contributed by atoms with E-state index in [0.717, 1.165) is 12.8 Å². The Morgan fingerprint density at radius 2 is 1.32 bits per heavy atom. The summed E-state index contributed by atoms with van der Waals surface area (Å²) in [7, 11) is 0. The highest BCUT2D eigenvalue weighted by Crippen LogP contribution is 2.23. The van der Waals surface area contributed by atoms with Gasteiger partial charge in [-0.2, -0.15) is 0 Å². The van der Waals surface area contributed by atoms with Gasteiger partial charge in [-0.25, -0.2) is 0 Å². The Hall–Kier alpha value is -0.200. The van der Waals surface area contributed by atoms with Crippen molar-refractivity contribution < 1.29 is 24.8 Å². The lowest BCUT2D eigenvalue weighted by Gasteiger charge is -2.17. The van der Waals surface area contributed by atoms with Crippen molar-refractivity contribution in [3.05, 3.63) is 0 Å². The van der Waals surface area contributed by atoms with Crippen LogP contribution in [0.3, 0.4) is 0 Å². The first-order valence-corrected chi connectivity index (χ1v) is 10.1. The van der Waals surface area contributed by atoms with Crippen molar-refractivity contribution in [2.24, 2.45) is 5.41 Å². The van der Waals surface area contributed by atoms with Crippen LogP contribution in [0, 0.1) is 5.41 Å². The minimum absolute atomic E-state index is 0.311. The molecule has 25 heavy (non-hydrogen) atoms. The second-order valence-corrected chi connectivity index (χ2v) is 8.57. The second kappa shape index (κ2) is 12.2. The van der Waals surface area contributed by atoms with E-state index in [-0.39, 0.29) is 6.61 Å². The summed E-state index contributed by atoms with van der Waals surface area (Å²) in [6.07, 6.45) is 8.83. The molecule has 1 aliphatic rings. The van der Waals surface area contributed by atoms with E-state index in [4.69, 9.17) is 14.6 Å². The number of aliphatic hydroxyl groups excluding tert-OH is 3. The molecular weight excluding hydrogens is 320 g/mol. The molecule has 1 heterocycles. The second-order valence-electron chi connectivity index (χ2n) is 8.57. The van der Waals surface area contributed by atoms with Gasteiger partial charge in [-0.05, 0) is 18.3 Å². The van der Waals surface area contributed by atoms with Crippen molar-refractivity contribution in [1.82, 2.24) is 0 Å². The molecule has 0 aliphatic carbocycles. The Morgan fingerprint density at radius 3 is 1.80 bits per heavy atom. The lowest BCUT2D eigenvalue weighted by molar-refractivity contribution is -0.169. The normalized spacial score (nSPS) is 27.1. The molecule has 5 heteroatoms. The summed E-state index contributed by atoms with van der Waals surface area (Å²) >= 11 is 0. The molecule has 1 fully saturated rings. The molecule has 0 amide bonds. The Bertz CT molecular complexity index is 329. The summed E-state index contributed by atoms with van der Waals surface area (Å²) in [4.78, 5) is 0. The van der Waals surface area contributed by atoms with Gasteiger partial charge in [-0.15, -0.1) is 0 Å². The quantitative estimate of drug-likeness (QED) is 0.439. The summed E-state index contributed by atoms with van der Waals surface area (Å²) in [6, 6.07) is 0. The molecule has 1 rings (SSSR count). The number of ether oxygens (including phenoxy) is 2. The number of hydrogen-bond donors (Lipinski definition) is 3. The monoisotopic (exact) mass is 360 g/mol. The van der Waals surface area contributed by atoms with E-state index in [2.05, 4.69) is 20.8 Å². The first-order chi connectivity index (χ1) is 11.8. The number of rotatable bonds is 13. The van der Waals surface area contributed by atoms with Gasteiger partial charge in [-0.1, -0.05) is 72.1 Å². The fraction of sp³-hybridized carbons (Fsp3) is 1.00. The van der Waals surface area contributed by atoms with Crippen LogP contribution in [0.1, 0.15) is 85.0 Å². The van der Waals surface area contributed by atoms with Gasteiger partial charge >= 0.3 is 0 Å². The fourth-order valence-electron chi connectivity index (χ4n) is 3.20. The smallest absolute Gasteiger partial charge is 0.186 e. The van der Waals surface area contributed by atoms with Crippen LogP contribution in [0.25, 0.3) is 0 Å². The van der Waals surface area contributed by atoms with Crippen molar-refractivity contribution >= 4 is 0 Å². The van der Waals surface area contributed by atoms with E-state index in [9.17, 15) is 10.2 Å². The minimum Gasteiger partial charge on any atom is -0.394 e. The van der Waals surface area contributed by atoms with Crippen LogP contribution in [0.5, 0.6) is 0 Å². The maximum absolute atomic E-state index is 9.75. The maximum atomic E-state index is 9.75. The molecule has 0 spiro atoms. The third-order valence-corrected chi connectivity index (χ3v) is 4.85. The van der Waals surface area contributed by atoms with Crippen molar-refractivity contribution in [3.8, 4) is 0 Å². The zero-order chi connectivity index (χ0) is 18.7. The number of unbranched alkanes of at least 4 members (excludes halogenated alkanes) is 8. The molecule has 4 atom stereocenters. The largest absolute Gasteiger partial charge is 0.394 e. The zero-order valence-corrected chi connectivity index (χ0v) is 16.5. The van der Waals surface area contributed by atoms with Crippen LogP contribution in [0.2, 0.25) is 0 Å². The Labute approximate surface area is 153 Å². The van der Waals surface area contributed by atoms with Gasteiger partial charge in [0, 0.05) is 6.61 Å². The Morgan fingerprint density at radius 1 is 0.800 bits per heavy atom. The highest BCUT2D eigenvalue weighted by Gasteiger charge is 2.42. The van der Waals surface area contributed by atoms with Crippen LogP contribution < -0.4 is 0 Å². The third kappa shape index (κ3) is 9.90. The van der Waals surface area contributed by atoms with Crippen molar-refractivity contribution in [2.75, 3.05) is 13.2 Å². The predicted octanol–water partition coefficient (Wildman–Crippen LogP) is 3.39. The Balaban J connectivity index is 1.86. The van der Waals surface area contributed by atoms with Gasteiger partial charge in [0.1, 0.15) is 18.3 Å². The van der Waals surface area contributed by atoms with Crippen molar-refractivity contribution in [3.63, 3.8) is 0 Å². The van der Waals surface area contributed by atoms with Crippen LogP contribution in [0.4, 0.5) is 0 Å². The molecule has 0 aromatic rings. The molecule has 3 N–H and O–H groups in total. The highest BCUT2D eigenvalue weighted by atomic mass is 16.7. The molecule has 150 valence electrons. The molecule has 0 radical (unpaired) electrons. The van der Waals surface area contributed by atoms with E-state index in [1.54, 1.807) is 0 Å². The molecule has 5 nitrogen and oxygen atoms in total. The van der Waals surface area contributed by atoms with Crippen LogP contribution in [0.15, 0.2) is 0 Å². The number of aliphatic hydroxyl groups is 3. The SMILES string of the molecule is CC(C)(C)CCCCCCCCCCCOC1OC(CO)C(O)C1O. The summed E-state index contributed by atoms with van der Waals surface area (Å²) in [6.45, 7) is 7.13. The molecule has 1 aliphatic heterocycles. The molecule has 0 aromatic heterocycles. The van der Waals surface area contributed by atoms with E-state index in [1.165, 1.54) is 51.4 Å². The molecule has 1 saturated heterocycles. The van der Waals surface area contributed by atoms with Crippen LogP contribution in [-0.4, -0.2) is 53.1 Å². The van der Waals surface area contributed by atoms with E-state index < -0.39 is 24.6 Å². The third-order valence-electron chi connectivity index (χ3n) is 4.85. The van der Waals surface area contributed by atoms with Gasteiger partial charge in [0.15, 0.2) is 6.29 Å². The van der Waals surface area contributed by atoms with Gasteiger partial charge in [-0.3, -0.25) is 0 Å². The minimum atomic E-state index is -1.07. The maximum Gasteiger partial charge on any atom is 0.186 e. The van der Waals surface area contributed by atoms with Gasteiger partial charge in [0.2, 0.25) is 0 Å². The van der Waals surface area contributed by atoms with Gasteiger partial charge in [0.25, 0.3) is 0 Å². The fourth-order valence-corrected chi connectivity index (χ4v) is 3.20. The average Bonchev–Trinajstić information content (AvgIpc) is 2.82. The molecule has 0 bridgehead atoms. The number of hydrogen-bond acceptors (Lipinski definition) is 5. The predicted molar refractivity (Wildman–Crippen MR) is 99.3 cm³/mol. The van der Waals surface area contributed by atoms with Gasteiger partial charge in [0.05, 0.1) is 6.61 Å². The zero-order valence-electron chi connectivity index (χ0n) is 16.5. The molecular formula is C20H40O5. The summed E-state index contributed by atoms with van der Waals surface area (Å²) in [5.74, 6) is 0. The topological polar surface area (TPSA) is 79.2 Å². The molecule has 0 aromatic carbocycles.